The Hall–Kier alpha value is -1.29. The summed E-state index contributed by atoms with van der Waals surface area (Å²) in [5, 5.41) is 11.4. The van der Waals surface area contributed by atoms with E-state index in [0.29, 0.717) is 12.3 Å². The normalized spacial score (nSPS) is 10.1. The molecule has 1 amide bonds. The van der Waals surface area contributed by atoms with Crippen LogP contribution in [-0.4, -0.2) is 17.6 Å². The molecule has 0 aliphatic heterocycles. The molecule has 0 radical (unpaired) electrons. The number of furan rings is 1. The summed E-state index contributed by atoms with van der Waals surface area (Å²) in [7, 11) is 0. The molecule has 2 N–H and O–H groups in total. The van der Waals surface area contributed by atoms with Crippen LogP contribution in [0.3, 0.4) is 0 Å². The zero-order valence-corrected chi connectivity index (χ0v) is 7.76. The minimum Gasteiger partial charge on any atom is -0.453 e. The number of aryl methyl sites for hydroxylation is 1. The van der Waals surface area contributed by atoms with Gasteiger partial charge in [0.25, 0.3) is 5.91 Å². The molecule has 4 nitrogen and oxygen atoms in total. The third kappa shape index (κ3) is 2.09. The summed E-state index contributed by atoms with van der Waals surface area (Å²) >= 11 is 0. The number of aliphatic hydroxyl groups is 1. The third-order valence-corrected chi connectivity index (χ3v) is 1.67. The van der Waals surface area contributed by atoms with Crippen LogP contribution >= 0.6 is 0 Å². The lowest BCUT2D eigenvalue weighted by molar-refractivity contribution is 0.0922. The summed E-state index contributed by atoms with van der Waals surface area (Å²) in [4.78, 5) is 11.3. The first-order valence-electron chi connectivity index (χ1n) is 4.17. The Morgan fingerprint density at radius 2 is 2.38 bits per heavy atom. The van der Waals surface area contributed by atoms with Crippen molar-refractivity contribution in [3.05, 3.63) is 23.2 Å². The fraction of sp³-hybridized carbons (Fsp3) is 0.444. The molecule has 0 aromatic carbocycles. The molecule has 0 spiro atoms. The summed E-state index contributed by atoms with van der Waals surface area (Å²) in [6.07, 6.45) is 0. The second-order valence-corrected chi connectivity index (χ2v) is 2.74. The molecule has 0 unspecified atom stereocenters. The molecule has 0 atom stereocenters. The molecule has 0 saturated carbocycles. The van der Waals surface area contributed by atoms with Gasteiger partial charge in [-0.3, -0.25) is 4.79 Å². The van der Waals surface area contributed by atoms with Crippen molar-refractivity contribution in [2.24, 2.45) is 0 Å². The SMILES string of the molecule is CCNC(=O)c1oc(CO)cc1C. The van der Waals surface area contributed by atoms with Gasteiger partial charge in [0.05, 0.1) is 0 Å². The Bertz CT molecular complexity index is 304. The van der Waals surface area contributed by atoms with Gasteiger partial charge in [-0.2, -0.15) is 0 Å². The second kappa shape index (κ2) is 4.09. The molecule has 0 fully saturated rings. The van der Waals surface area contributed by atoms with Crippen LogP contribution < -0.4 is 5.32 Å². The smallest absolute Gasteiger partial charge is 0.287 e. The summed E-state index contributed by atoms with van der Waals surface area (Å²) in [5.41, 5.74) is 0.745. The molecule has 0 aliphatic rings. The number of rotatable bonds is 3. The van der Waals surface area contributed by atoms with Gasteiger partial charge in [0.1, 0.15) is 12.4 Å². The zero-order valence-electron chi connectivity index (χ0n) is 7.76. The Labute approximate surface area is 76.6 Å². The highest BCUT2D eigenvalue weighted by atomic mass is 16.4. The van der Waals surface area contributed by atoms with E-state index in [9.17, 15) is 4.79 Å². The van der Waals surface area contributed by atoms with Gasteiger partial charge in [-0.15, -0.1) is 0 Å². The van der Waals surface area contributed by atoms with Crippen LogP contribution in [0.2, 0.25) is 0 Å². The minimum absolute atomic E-state index is 0.180. The van der Waals surface area contributed by atoms with Crippen molar-refractivity contribution in [2.75, 3.05) is 6.54 Å². The van der Waals surface area contributed by atoms with E-state index in [4.69, 9.17) is 9.52 Å². The van der Waals surface area contributed by atoms with Crippen LogP contribution in [0.1, 0.15) is 28.8 Å². The first-order chi connectivity index (χ1) is 6.19. The average molecular weight is 183 g/mol. The van der Waals surface area contributed by atoms with Gasteiger partial charge in [0.15, 0.2) is 5.76 Å². The van der Waals surface area contributed by atoms with E-state index < -0.39 is 0 Å². The molecular weight excluding hydrogens is 170 g/mol. The summed E-state index contributed by atoms with van der Waals surface area (Å²) in [5.74, 6) is 0.462. The predicted octanol–water partition coefficient (Wildman–Crippen LogP) is 0.830. The molecule has 0 aliphatic carbocycles. The van der Waals surface area contributed by atoms with Gasteiger partial charge in [-0.25, -0.2) is 0 Å². The van der Waals surface area contributed by atoms with E-state index in [1.54, 1.807) is 13.0 Å². The molecule has 4 heteroatoms. The number of hydrogen-bond donors (Lipinski definition) is 2. The molecule has 1 rings (SSSR count). The molecule has 1 aromatic rings. The van der Waals surface area contributed by atoms with Crippen molar-refractivity contribution in [3.63, 3.8) is 0 Å². The lowest BCUT2D eigenvalue weighted by Gasteiger charge is -1.98. The lowest BCUT2D eigenvalue weighted by atomic mass is 10.2. The van der Waals surface area contributed by atoms with Crippen molar-refractivity contribution in [1.29, 1.82) is 0 Å². The maximum atomic E-state index is 11.3. The maximum Gasteiger partial charge on any atom is 0.287 e. The standard InChI is InChI=1S/C9H13NO3/c1-3-10-9(12)8-6(2)4-7(5-11)13-8/h4,11H,3,5H2,1-2H3,(H,10,12). The zero-order chi connectivity index (χ0) is 9.84. The summed E-state index contributed by atoms with van der Waals surface area (Å²) in [6, 6.07) is 1.66. The van der Waals surface area contributed by atoms with Crippen molar-refractivity contribution < 1.29 is 14.3 Å². The van der Waals surface area contributed by atoms with E-state index >= 15 is 0 Å². The van der Waals surface area contributed by atoms with E-state index in [2.05, 4.69) is 5.32 Å². The van der Waals surface area contributed by atoms with Crippen LogP contribution in [0, 0.1) is 6.92 Å². The summed E-state index contributed by atoms with van der Waals surface area (Å²) < 4.78 is 5.12. The molecular formula is C9H13NO3. The highest BCUT2D eigenvalue weighted by molar-refractivity contribution is 5.92. The maximum absolute atomic E-state index is 11.3. The fourth-order valence-electron chi connectivity index (χ4n) is 1.09. The first kappa shape index (κ1) is 9.80. The Morgan fingerprint density at radius 1 is 1.69 bits per heavy atom. The Balaban J connectivity index is 2.87. The average Bonchev–Trinajstić information content (AvgIpc) is 2.47. The molecule has 13 heavy (non-hydrogen) atoms. The van der Waals surface area contributed by atoms with Crippen LogP contribution in [0.4, 0.5) is 0 Å². The number of aliphatic hydroxyl groups excluding tert-OH is 1. The summed E-state index contributed by atoms with van der Waals surface area (Å²) in [6.45, 7) is 3.99. The number of nitrogens with one attached hydrogen (secondary N) is 1. The van der Waals surface area contributed by atoms with Crippen LogP contribution in [0.25, 0.3) is 0 Å². The highest BCUT2D eigenvalue weighted by Crippen LogP contribution is 2.14. The minimum atomic E-state index is -0.236. The molecule has 0 bridgehead atoms. The lowest BCUT2D eigenvalue weighted by Crippen LogP contribution is -2.22. The van der Waals surface area contributed by atoms with E-state index in [1.807, 2.05) is 6.92 Å². The van der Waals surface area contributed by atoms with Gasteiger partial charge in [-0.1, -0.05) is 0 Å². The van der Waals surface area contributed by atoms with Gasteiger partial charge < -0.3 is 14.8 Å². The topological polar surface area (TPSA) is 62.5 Å². The van der Waals surface area contributed by atoms with Crippen molar-refractivity contribution >= 4 is 5.91 Å². The largest absolute Gasteiger partial charge is 0.453 e. The number of carbonyl (C=O) groups excluding carboxylic acids is 1. The second-order valence-electron chi connectivity index (χ2n) is 2.74. The van der Waals surface area contributed by atoms with Crippen molar-refractivity contribution in [3.8, 4) is 0 Å². The predicted molar refractivity (Wildman–Crippen MR) is 47.4 cm³/mol. The third-order valence-electron chi connectivity index (χ3n) is 1.67. The number of hydrogen-bond acceptors (Lipinski definition) is 3. The van der Waals surface area contributed by atoms with Crippen molar-refractivity contribution in [2.45, 2.75) is 20.5 Å². The number of carbonyl (C=O) groups is 1. The van der Waals surface area contributed by atoms with Gasteiger partial charge >= 0.3 is 0 Å². The van der Waals surface area contributed by atoms with Crippen LogP contribution in [-0.2, 0) is 6.61 Å². The quantitative estimate of drug-likeness (QED) is 0.729. The molecule has 0 saturated heterocycles. The molecule has 72 valence electrons. The van der Waals surface area contributed by atoms with Crippen LogP contribution in [0.15, 0.2) is 10.5 Å². The van der Waals surface area contributed by atoms with E-state index in [0.717, 1.165) is 5.56 Å². The Kier molecular flexibility index (Phi) is 3.08. The molecule has 1 aromatic heterocycles. The first-order valence-corrected chi connectivity index (χ1v) is 4.17. The van der Waals surface area contributed by atoms with Crippen molar-refractivity contribution in [1.82, 2.24) is 5.32 Å². The molecule has 1 heterocycles. The van der Waals surface area contributed by atoms with Gasteiger partial charge in [0.2, 0.25) is 0 Å². The van der Waals surface area contributed by atoms with Gasteiger partial charge in [0, 0.05) is 12.1 Å². The monoisotopic (exact) mass is 183 g/mol. The fourth-order valence-corrected chi connectivity index (χ4v) is 1.09. The van der Waals surface area contributed by atoms with E-state index in [-0.39, 0.29) is 18.3 Å². The Morgan fingerprint density at radius 3 is 2.85 bits per heavy atom. The van der Waals surface area contributed by atoms with Crippen LogP contribution in [0.5, 0.6) is 0 Å². The van der Waals surface area contributed by atoms with E-state index in [1.165, 1.54) is 0 Å². The number of amides is 1. The highest BCUT2D eigenvalue weighted by Gasteiger charge is 2.13. The van der Waals surface area contributed by atoms with Gasteiger partial charge in [-0.05, 0) is 19.9 Å².